The molecule has 0 aliphatic carbocycles. The van der Waals surface area contributed by atoms with Crippen LogP contribution in [-0.4, -0.2) is 36.1 Å². The van der Waals surface area contributed by atoms with Crippen LogP contribution in [0.5, 0.6) is 5.75 Å². The fourth-order valence-corrected chi connectivity index (χ4v) is 1.57. The minimum absolute atomic E-state index is 0.185. The highest BCUT2D eigenvalue weighted by Crippen LogP contribution is 2.08. The lowest BCUT2D eigenvalue weighted by Crippen LogP contribution is -2.34. The Kier molecular flexibility index (Phi) is 4.94. The number of amides is 2. The number of pyridine rings is 1. The average molecular weight is 271 g/mol. The summed E-state index contributed by atoms with van der Waals surface area (Å²) in [7, 11) is 1.72. The molecule has 0 aliphatic heterocycles. The van der Waals surface area contributed by atoms with E-state index in [0.717, 1.165) is 5.75 Å². The second-order valence-electron chi connectivity index (χ2n) is 4.25. The Morgan fingerprint density at radius 3 is 2.75 bits per heavy atom. The number of urea groups is 1. The second-order valence-corrected chi connectivity index (χ2v) is 4.25. The highest BCUT2D eigenvalue weighted by Gasteiger charge is 2.08. The molecule has 5 heteroatoms. The fourth-order valence-electron chi connectivity index (χ4n) is 1.57. The molecule has 2 amide bonds. The Balaban J connectivity index is 1.74. The van der Waals surface area contributed by atoms with Crippen LogP contribution < -0.4 is 10.1 Å². The van der Waals surface area contributed by atoms with Crippen LogP contribution in [0, 0.1) is 0 Å². The number of nitrogens with one attached hydrogen (secondary N) is 1. The molecule has 1 heterocycles. The fraction of sp³-hybridized carbons (Fsp3) is 0.200. The topological polar surface area (TPSA) is 54.5 Å². The molecule has 0 saturated carbocycles. The normalized spacial score (nSPS) is 9.85. The molecule has 2 aromatic rings. The third-order valence-electron chi connectivity index (χ3n) is 2.70. The maximum Gasteiger partial charge on any atom is 0.321 e. The summed E-state index contributed by atoms with van der Waals surface area (Å²) in [6, 6.07) is 12.9. The van der Waals surface area contributed by atoms with E-state index in [-0.39, 0.29) is 6.03 Å². The monoisotopic (exact) mass is 271 g/mol. The Hall–Kier alpha value is -2.56. The number of nitrogens with zero attached hydrogens (tertiary/aromatic N) is 2. The van der Waals surface area contributed by atoms with Crippen molar-refractivity contribution >= 4 is 11.7 Å². The van der Waals surface area contributed by atoms with Crippen molar-refractivity contribution in [1.82, 2.24) is 9.88 Å². The van der Waals surface area contributed by atoms with Crippen molar-refractivity contribution in [3.05, 3.63) is 54.9 Å². The number of aromatic nitrogens is 1. The molecular weight excluding hydrogens is 254 g/mol. The van der Waals surface area contributed by atoms with Gasteiger partial charge in [-0.15, -0.1) is 0 Å². The SMILES string of the molecule is CN(CCOc1ccccc1)C(=O)Nc1cccnc1. The average Bonchev–Trinajstić information content (AvgIpc) is 2.49. The van der Waals surface area contributed by atoms with Gasteiger partial charge in [0.1, 0.15) is 12.4 Å². The van der Waals surface area contributed by atoms with Crippen molar-refractivity contribution in [3.8, 4) is 5.75 Å². The number of para-hydroxylation sites is 1. The molecule has 1 aromatic carbocycles. The first-order valence-corrected chi connectivity index (χ1v) is 6.36. The standard InChI is InChI=1S/C15H17N3O2/c1-18(10-11-20-14-7-3-2-4-8-14)15(19)17-13-6-5-9-16-12-13/h2-9,12H,10-11H2,1H3,(H,17,19). The number of hydrogen-bond acceptors (Lipinski definition) is 3. The number of carbonyl (C=O) groups is 1. The molecule has 0 unspecified atom stereocenters. The van der Waals surface area contributed by atoms with Gasteiger partial charge in [-0.3, -0.25) is 4.98 Å². The minimum Gasteiger partial charge on any atom is -0.492 e. The van der Waals surface area contributed by atoms with E-state index in [2.05, 4.69) is 10.3 Å². The van der Waals surface area contributed by atoms with E-state index in [9.17, 15) is 4.79 Å². The van der Waals surface area contributed by atoms with Gasteiger partial charge in [0.25, 0.3) is 0 Å². The van der Waals surface area contributed by atoms with E-state index < -0.39 is 0 Å². The molecule has 0 atom stereocenters. The third-order valence-corrected chi connectivity index (χ3v) is 2.70. The predicted octanol–water partition coefficient (Wildman–Crippen LogP) is 2.62. The highest BCUT2D eigenvalue weighted by atomic mass is 16.5. The minimum atomic E-state index is -0.185. The molecule has 0 aliphatic rings. The highest BCUT2D eigenvalue weighted by molar-refractivity contribution is 5.88. The van der Waals surface area contributed by atoms with Crippen LogP contribution in [-0.2, 0) is 0 Å². The molecule has 0 bridgehead atoms. The van der Waals surface area contributed by atoms with Gasteiger partial charge < -0.3 is 15.0 Å². The summed E-state index contributed by atoms with van der Waals surface area (Å²) < 4.78 is 5.54. The van der Waals surface area contributed by atoms with Crippen LogP contribution in [0.4, 0.5) is 10.5 Å². The summed E-state index contributed by atoms with van der Waals surface area (Å²) in [6.07, 6.45) is 3.26. The first kappa shape index (κ1) is 13.9. The van der Waals surface area contributed by atoms with Gasteiger partial charge in [-0.25, -0.2) is 4.79 Å². The quantitative estimate of drug-likeness (QED) is 0.909. The van der Waals surface area contributed by atoms with Crippen LogP contribution in [0.25, 0.3) is 0 Å². The van der Waals surface area contributed by atoms with Crippen molar-refractivity contribution < 1.29 is 9.53 Å². The molecule has 1 aromatic heterocycles. The summed E-state index contributed by atoms with van der Waals surface area (Å²) in [5.74, 6) is 0.800. The number of anilines is 1. The van der Waals surface area contributed by atoms with Gasteiger partial charge in [0, 0.05) is 13.2 Å². The largest absolute Gasteiger partial charge is 0.492 e. The number of carbonyl (C=O) groups excluding carboxylic acids is 1. The molecule has 0 radical (unpaired) electrons. The lowest BCUT2D eigenvalue weighted by atomic mass is 10.3. The van der Waals surface area contributed by atoms with Crippen molar-refractivity contribution in [2.45, 2.75) is 0 Å². The molecule has 1 N–H and O–H groups in total. The van der Waals surface area contributed by atoms with Crippen molar-refractivity contribution in [1.29, 1.82) is 0 Å². The van der Waals surface area contributed by atoms with Gasteiger partial charge in [-0.1, -0.05) is 18.2 Å². The van der Waals surface area contributed by atoms with Gasteiger partial charge in [0.05, 0.1) is 18.4 Å². The smallest absolute Gasteiger partial charge is 0.321 e. The van der Waals surface area contributed by atoms with E-state index in [1.165, 1.54) is 0 Å². The van der Waals surface area contributed by atoms with Crippen molar-refractivity contribution in [2.75, 3.05) is 25.5 Å². The maximum absolute atomic E-state index is 11.9. The van der Waals surface area contributed by atoms with E-state index in [1.54, 1.807) is 36.5 Å². The summed E-state index contributed by atoms with van der Waals surface area (Å²) >= 11 is 0. The van der Waals surface area contributed by atoms with Gasteiger partial charge in [-0.2, -0.15) is 0 Å². The van der Waals surface area contributed by atoms with Crippen molar-refractivity contribution in [2.24, 2.45) is 0 Å². The first-order chi connectivity index (χ1) is 9.75. The van der Waals surface area contributed by atoms with Gasteiger partial charge in [0.15, 0.2) is 0 Å². The van der Waals surface area contributed by atoms with Gasteiger partial charge in [0.2, 0.25) is 0 Å². The number of rotatable bonds is 5. The summed E-state index contributed by atoms with van der Waals surface area (Å²) in [6.45, 7) is 0.946. The predicted molar refractivity (Wildman–Crippen MR) is 77.8 cm³/mol. The second kappa shape index (κ2) is 7.13. The number of likely N-dealkylation sites (N-methyl/N-ethyl adjacent to an activating group) is 1. The maximum atomic E-state index is 11.9. The number of benzene rings is 1. The molecule has 5 nitrogen and oxygen atoms in total. The zero-order valence-corrected chi connectivity index (χ0v) is 11.3. The molecule has 0 saturated heterocycles. The molecule has 2 rings (SSSR count). The molecular formula is C15H17N3O2. The Bertz CT molecular complexity index is 531. The zero-order chi connectivity index (χ0) is 14.2. The Morgan fingerprint density at radius 2 is 2.05 bits per heavy atom. The van der Waals surface area contributed by atoms with E-state index in [1.807, 2.05) is 30.3 Å². The summed E-state index contributed by atoms with van der Waals surface area (Å²) in [4.78, 5) is 17.4. The molecule has 0 spiro atoms. The Morgan fingerprint density at radius 1 is 1.25 bits per heavy atom. The van der Waals surface area contributed by atoms with Gasteiger partial charge in [-0.05, 0) is 24.3 Å². The van der Waals surface area contributed by atoms with Crippen LogP contribution in [0.2, 0.25) is 0 Å². The lowest BCUT2D eigenvalue weighted by molar-refractivity contribution is 0.207. The van der Waals surface area contributed by atoms with Crippen molar-refractivity contribution in [3.63, 3.8) is 0 Å². The number of hydrogen-bond donors (Lipinski definition) is 1. The third kappa shape index (κ3) is 4.28. The summed E-state index contributed by atoms with van der Waals surface area (Å²) in [5.41, 5.74) is 0.674. The van der Waals surface area contributed by atoms with E-state index in [4.69, 9.17) is 4.74 Å². The molecule has 20 heavy (non-hydrogen) atoms. The van der Waals surface area contributed by atoms with Crippen LogP contribution >= 0.6 is 0 Å². The van der Waals surface area contributed by atoms with Crippen LogP contribution in [0.1, 0.15) is 0 Å². The van der Waals surface area contributed by atoms with Crippen LogP contribution in [0.15, 0.2) is 54.9 Å². The Labute approximate surface area is 118 Å². The first-order valence-electron chi connectivity index (χ1n) is 6.36. The molecule has 104 valence electrons. The van der Waals surface area contributed by atoms with E-state index in [0.29, 0.717) is 18.8 Å². The lowest BCUT2D eigenvalue weighted by Gasteiger charge is -2.18. The zero-order valence-electron chi connectivity index (χ0n) is 11.3. The van der Waals surface area contributed by atoms with E-state index >= 15 is 0 Å². The van der Waals surface area contributed by atoms with Gasteiger partial charge >= 0.3 is 6.03 Å². The summed E-state index contributed by atoms with van der Waals surface area (Å²) in [5, 5.41) is 2.76. The number of ether oxygens (including phenoxy) is 1. The molecule has 0 fully saturated rings. The van der Waals surface area contributed by atoms with Crippen LogP contribution in [0.3, 0.4) is 0 Å².